The lowest BCUT2D eigenvalue weighted by molar-refractivity contribution is 0.0375. The van der Waals surface area contributed by atoms with Gasteiger partial charge in [-0.05, 0) is 0 Å². The minimum Gasteiger partial charge on any atom is -0.394 e. The first-order chi connectivity index (χ1) is 6.62. The molecule has 84 valence electrons. The monoisotopic (exact) mass is 224 g/mol. The van der Waals surface area contributed by atoms with E-state index in [-0.39, 0.29) is 25.6 Å². The van der Waals surface area contributed by atoms with Crippen LogP contribution in [-0.2, 0) is 19.3 Å². The van der Waals surface area contributed by atoms with E-state index in [1.54, 1.807) is 0 Å². The van der Waals surface area contributed by atoms with Gasteiger partial charge in [0.2, 0.25) is 0 Å². The maximum atomic E-state index is 10.9. The molecule has 1 N–H and O–H groups in total. The van der Waals surface area contributed by atoms with E-state index in [1.165, 1.54) is 0 Å². The van der Waals surface area contributed by atoms with Crippen molar-refractivity contribution in [3.63, 3.8) is 0 Å². The average Bonchev–Trinajstić information content (AvgIpc) is 2.16. The molecule has 0 unspecified atom stereocenters. The number of rotatable bonds is 9. The Hall–Kier alpha value is -0.430. The second kappa shape index (κ2) is 7.93. The largest absolute Gasteiger partial charge is 0.394 e. The maximum absolute atomic E-state index is 10.9. The topological polar surface area (TPSA) is 72.8 Å². The highest BCUT2D eigenvalue weighted by Crippen LogP contribution is 1.90. The Morgan fingerprint density at radius 3 is 2.21 bits per heavy atom. The third-order valence-corrected chi connectivity index (χ3v) is 2.62. The Morgan fingerprint density at radius 1 is 1.14 bits per heavy atom. The van der Waals surface area contributed by atoms with E-state index in [4.69, 9.17) is 14.6 Å². The molecule has 0 bridgehead atoms. The second-order valence-electron chi connectivity index (χ2n) is 2.48. The Labute approximate surface area is 84.3 Å². The highest BCUT2D eigenvalue weighted by atomic mass is 32.2. The molecule has 14 heavy (non-hydrogen) atoms. The van der Waals surface area contributed by atoms with Crippen molar-refractivity contribution < 1.29 is 23.0 Å². The van der Waals surface area contributed by atoms with Crippen LogP contribution in [0.2, 0.25) is 0 Å². The number of hydrogen-bond donors (Lipinski definition) is 1. The van der Waals surface area contributed by atoms with Gasteiger partial charge in [-0.1, -0.05) is 6.58 Å². The van der Waals surface area contributed by atoms with E-state index in [2.05, 4.69) is 6.58 Å². The summed E-state index contributed by atoms with van der Waals surface area (Å²) < 4.78 is 31.6. The van der Waals surface area contributed by atoms with E-state index in [0.717, 1.165) is 5.41 Å². The molecule has 0 radical (unpaired) electrons. The minimum atomic E-state index is -3.16. The Kier molecular flexibility index (Phi) is 7.68. The van der Waals surface area contributed by atoms with Gasteiger partial charge in [-0.2, -0.15) is 0 Å². The summed E-state index contributed by atoms with van der Waals surface area (Å²) in [6.45, 7) is 4.24. The lowest BCUT2D eigenvalue weighted by Gasteiger charge is -2.03. The predicted molar refractivity (Wildman–Crippen MR) is 52.7 cm³/mol. The third-order valence-electron chi connectivity index (χ3n) is 1.37. The highest BCUT2D eigenvalue weighted by Gasteiger charge is 2.03. The molecule has 0 fully saturated rings. The van der Waals surface area contributed by atoms with E-state index in [1.807, 2.05) is 0 Å². The zero-order chi connectivity index (χ0) is 10.9. The molecule has 0 aromatic rings. The first-order valence-corrected chi connectivity index (χ1v) is 5.95. The quantitative estimate of drug-likeness (QED) is 0.538. The summed E-state index contributed by atoms with van der Waals surface area (Å²) in [6, 6.07) is 0. The highest BCUT2D eigenvalue weighted by molar-refractivity contribution is 7.94. The number of aliphatic hydroxyl groups excluding tert-OH is 1. The third kappa shape index (κ3) is 8.18. The van der Waals surface area contributed by atoms with Gasteiger partial charge in [0.25, 0.3) is 0 Å². The molecular weight excluding hydrogens is 208 g/mol. The summed E-state index contributed by atoms with van der Waals surface area (Å²) in [7, 11) is -3.16. The second-order valence-corrected chi connectivity index (χ2v) is 4.55. The lowest BCUT2D eigenvalue weighted by Crippen LogP contribution is -2.13. The molecule has 5 nitrogen and oxygen atoms in total. The van der Waals surface area contributed by atoms with Crippen molar-refractivity contribution >= 4 is 9.84 Å². The van der Waals surface area contributed by atoms with Crippen LogP contribution in [0.5, 0.6) is 0 Å². The summed E-state index contributed by atoms with van der Waals surface area (Å²) in [6.07, 6.45) is 0. The van der Waals surface area contributed by atoms with Crippen LogP contribution in [0.4, 0.5) is 0 Å². The molecule has 0 aromatic carbocycles. The van der Waals surface area contributed by atoms with Crippen molar-refractivity contribution in [2.75, 3.05) is 38.8 Å². The van der Waals surface area contributed by atoms with Gasteiger partial charge in [0, 0.05) is 5.41 Å². The standard InChI is InChI=1S/C8H16O5S/c1-2-14(10,11)8-7-13-6-5-12-4-3-9/h2,9H,1,3-8H2. The molecule has 0 amide bonds. The van der Waals surface area contributed by atoms with Crippen LogP contribution in [0, 0.1) is 0 Å². The number of ether oxygens (including phenoxy) is 2. The zero-order valence-electron chi connectivity index (χ0n) is 8.02. The predicted octanol–water partition coefficient (Wildman–Crippen LogP) is -0.430. The fraction of sp³-hybridized carbons (Fsp3) is 0.750. The van der Waals surface area contributed by atoms with E-state index >= 15 is 0 Å². The van der Waals surface area contributed by atoms with Crippen LogP contribution in [0.1, 0.15) is 0 Å². The molecule has 6 heteroatoms. The van der Waals surface area contributed by atoms with Crippen molar-refractivity contribution in [3.05, 3.63) is 12.0 Å². The Bertz CT molecular complexity index is 234. The van der Waals surface area contributed by atoms with Gasteiger partial charge in [-0.3, -0.25) is 0 Å². The van der Waals surface area contributed by atoms with Crippen LogP contribution in [0.15, 0.2) is 12.0 Å². The first-order valence-electron chi connectivity index (χ1n) is 4.24. The fourth-order valence-corrected chi connectivity index (χ4v) is 1.16. The molecular formula is C8H16O5S. The number of aliphatic hydroxyl groups is 1. The van der Waals surface area contributed by atoms with Gasteiger partial charge >= 0.3 is 0 Å². The molecule has 0 aliphatic rings. The van der Waals surface area contributed by atoms with Crippen LogP contribution >= 0.6 is 0 Å². The van der Waals surface area contributed by atoms with Crippen molar-refractivity contribution in [2.24, 2.45) is 0 Å². The molecule has 0 saturated heterocycles. The summed E-state index contributed by atoms with van der Waals surface area (Å²) in [5, 5.41) is 9.27. The summed E-state index contributed by atoms with van der Waals surface area (Å²) in [5.41, 5.74) is 0. The average molecular weight is 224 g/mol. The first kappa shape index (κ1) is 13.6. The molecule has 0 spiro atoms. The molecule has 0 saturated carbocycles. The lowest BCUT2D eigenvalue weighted by atomic mass is 10.7. The fourth-order valence-electron chi connectivity index (χ4n) is 0.645. The maximum Gasteiger partial charge on any atom is 0.173 e. The molecule has 0 aliphatic carbocycles. The van der Waals surface area contributed by atoms with Gasteiger partial charge < -0.3 is 14.6 Å². The van der Waals surface area contributed by atoms with Crippen molar-refractivity contribution in [3.8, 4) is 0 Å². The van der Waals surface area contributed by atoms with Crippen molar-refractivity contribution in [1.29, 1.82) is 0 Å². The van der Waals surface area contributed by atoms with Crippen molar-refractivity contribution in [2.45, 2.75) is 0 Å². The molecule has 0 rings (SSSR count). The van der Waals surface area contributed by atoms with Gasteiger partial charge in [0.15, 0.2) is 9.84 Å². The molecule has 0 heterocycles. The van der Waals surface area contributed by atoms with E-state index in [9.17, 15) is 8.42 Å². The molecule has 0 aromatic heterocycles. The van der Waals surface area contributed by atoms with Gasteiger partial charge in [0.05, 0.1) is 38.8 Å². The molecule has 0 atom stereocenters. The van der Waals surface area contributed by atoms with Gasteiger partial charge in [-0.15, -0.1) is 0 Å². The van der Waals surface area contributed by atoms with Crippen LogP contribution in [0.25, 0.3) is 0 Å². The Morgan fingerprint density at radius 2 is 1.71 bits per heavy atom. The summed E-state index contributed by atoms with van der Waals surface area (Å²) >= 11 is 0. The van der Waals surface area contributed by atoms with Crippen molar-refractivity contribution in [1.82, 2.24) is 0 Å². The van der Waals surface area contributed by atoms with E-state index in [0.29, 0.717) is 13.2 Å². The van der Waals surface area contributed by atoms with Gasteiger partial charge in [-0.25, -0.2) is 8.42 Å². The van der Waals surface area contributed by atoms with Crippen LogP contribution in [-0.4, -0.2) is 52.3 Å². The number of hydrogen-bond acceptors (Lipinski definition) is 5. The molecule has 0 aliphatic heterocycles. The summed E-state index contributed by atoms with van der Waals surface area (Å²) in [4.78, 5) is 0. The van der Waals surface area contributed by atoms with Crippen LogP contribution in [0.3, 0.4) is 0 Å². The zero-order valence-corrected chi connectivity index (χ0v) is 8.83. The smallest absolute Gasteiger partial charge is 0.173 e. The Balaban J connectivity index is 3.26. The summed E-state index contributed by atoms with van der Waals surface area (Å²) in [5.74, 6) is -0.0590. The van der Waals surface area contributed by atoms with Crippen LogP contribution < -0.4 is 0 Å². The minimum absolute atomic E-state index is 0.0230. The number of sulfone groups is 1. The van der Waals surface area contributed by atoms with E-state index < -0.39 is 9.84 Å². The van der Waals surface area contributed by atoms with Gasteiger partial charge in [0.1, 0.15) is 0 Å². The normalized spacial score (nSPS) is 11.5. The SMILES string of the molecule is C=CS(=O)(=O)CCOCCOCCO.